The molecule has 0 amide bonds. The summed E-state index contributed by atoms with van der Waals surface area (Å²) in [4.78, 5) is 26.9. The summed E-state index contributed by atoms with van der Waals surface area (Å²) in [6.07, 6.45) is 0. The molecular weight excluding hydrogens is 406 g/mol. The third kappa shape index (κ3) is 3540. The van der Waals surface area contributed by atoms with Crippen LogP contribution in [0.5, 0.6) is 0 Å². The van der Waals surface area contributed by atoms with Crippen molar-refractivity contribution in [2.24, 2.45) is 0 Å². The summed E-state index contributed by atoms with van der Waals surface area (Å²) in [5.41, 5.74) is 0. The molecular formula is C6H11O6U-. The van der Waals surface area contributed by atoms with Gasteiger partial charge in [0.25, 0.3) is 11.9 Å². The van der Waals surface area contributed by atoms with Gasteiger partial charge in [-0.2, -0.15) is 0 Å². The molecule has 0 bridgehead atoms. The summed E-state index contributed by atoms with van der Waals surface area (Å²) in [5.74, 6) is -2.75. The Balaban J connectivity index is -0.0000000450. The third-order valence-corrected chi connectivity index (χ3v) is 0. The molecule has 0 rings (SSSR count). The Morgan fingerprint density at radius 3 is 0.923 bits per heavy atom. The number of rotatable bonds is 0. The molecule has 0 fully saturated rings. The van der Waals surface area contributed by atoms with Gasteiger partial charge >= 0.3 is 0 Å². The maximum Gasteiger partial charge on any atom is 0.300 e. The first-order valence-corrected chi connectivity index (χ1v) is 2.76. The van der Waals surface area contributed by atoms with Crippen molar-refractivity contribution in [2.45, 2.75) is 20.8 Å². The summed E-state index contributed by atoms with van der Waals surface area (Å²) in [5, 5.41) is 23.7. The second-order valence-corrected chi connectivity index (χ2v) is 1.53. The van der Waals surface area contributed by atoms with Gasteiger partial charge in [-0.3, -0.25) is 9.59 Å². The van der Waals surface area contributed by atoms with Gasteiger partial charge in [0, 0.05) is 50.9 Å². The van der Waals surface area contributed by atoms with E-state index < -0.39 is 17.9 Å². The van der Waals surface area contributed by atoms with E-state index in [1.165, 1.54) is 0 Å². The molecule has 0 aliphatic carbocycles. The summed E-state index contributed by atoms with van der Waals surface area (Å²) >= 11 is 0. The van der Waals surface area contributed by atoms with Crippen LogP contribution in [0.25, 0.3) is 0 Å². The van der Waals surface area contributed by atoms with Crippen molar-refractivity contribution in [3.8, 4) is 0 Å². The van der Waals surface area contributed by atoms with Crippen LogP contribution < -0.4 is 5.11 Å². The molecule has 0 saturated carbocycles. The number of aliphatic carboxylic acids is 3. The van der Waals surface area contributed by atoms with Gasteiger partial charge in [-0.1, -0.05) is 0 Å². The molecule has 76 valence electrons. The number of hydrogen-bond donors (Lipinski definition) is 2. The van der Waals surface area contributed by atoms with Gasteiger partial charge in [-0.15, -0.1) is 0 Å². The van der Waals surface area contributed by atoms with Crippen molar-refractivity contribution in [3.63, 3.8) is 0 Å². The molecule has 0 saturated heterocycles. The zero-order valence-electron chi connectivity index (χ0n) is 7.53. The van der Waals surface area contributed by atoms with Crippen LogP contribution in [0.2, 0.25) is 0 Å². The second-order valence-electron chi connectivity index (χ2n) is 1.53. The SMILES string of the molecule is CC(=O)O.CC(=O)O.CC(=O)[O-].[U]. The van der Waals surface area contributed by atoms with Crippen molar-refractivity contribution >= 4 is 17.9 Å². The molecule has 0 aromatic heterocycles. The summed E-state index contributed by atoms with van der Waals surface area (Å²) in [6.45, 7) is 3.14. The van der Waals surface area contributed by atoms with E-state index in [1.54, 1.807) is 0 Å². The van der Waals surface area contributed by atoms with Crippen LogP contribution in [0.3, 0.4) is 0 Å². The Labute approximate surface area is 99.3 Å². The fourth-order valence-electron chi connectivity index (χ4n) is 0. The fraction of sp³-hybridized carbons (Fsp3) is 0.500. The monoisotopic (exact) mass is 417 g/mol. The molecule has 0 aromatic rings. The van der Waals surface area contributed by atoms with Gasteiger partial charge in [0.2, 0.25) is 0 Å². The minimum atomic E-state index is -1.08. The first-order chi connectivity index (χ1) is 5.20. The second kappa shape index (κ2) is 17.5. The molecule has 0 unspecified atom stereocenters. The van der Waals surface area contributed by atoms with Gasteiger partial charge in [0.15, 0.2) is 0 Å². The van der Waals surface area contributed by atoms with Crippen molar-refractivity contribution < 1.29 is 60.8 Å². The molecule has 0 spiro atoms. The standard InChI is InChI=1S/3C2H4O2.U/c3*1-2(3)4;/h3*1H3,(H,3,4);/p-1. The predicted octanol–water partition coefficient (Wildman–Crippen LogP) is -1.06. The minimum absolute atomic E-state index is 0. The molecule has 0 atom stereocenters. The van der Waals surface area contributed by atoms with E-state index in [-0.39, 0.29) is 31.1 Å². The van der Waals surface area contributed by atoms with Crippen LogP contribution in [-0.2, 0) is 14.4 Å². The van der Waals surface area contributed by atoms with Gasteiger partial charge in [0.1, 0.15) is 0 Å². The molecule has 6 nitrogen and oxygen atoms in total. The average Bonchev–Trinajstić information content (AvgIpc) is 1.54. The quantitative estimate of drug-likeness (QED) is 0.520. The van der Waals surface area contributed by atoms with E-state index in [2.05, 4.69) is 0 Å². The van der Waals surface area contributed by atoms with Gasteiger partial charge in [-0.25, -0.2) is 0 Å². The third-order valence-electron chi connectivity index (χ3n) is 0. The van der Waals surface area contributed by atoms with E-state index >= 15 is 0 Å². The van der Waals surface area contributed by atoms with Crippen LogP contribution >= 0.6 is 0 Å². The van der Waals surface area contributed by atoms with Gasteiger partial charge in [-0.05, 0) is 6.92 Å². The van der Waals surface area contributed by atoms with Crippen molar-refractivity contribution in [1.29, 1.82) is 0 Å². The van der Waals surface area contributed by atoms with Crippen molar-refractivity contribution in [1.82, 2.24) is 0 Å². The van der Waals surface area contributed by atoms with E-state index in [1.807, 2.05) is 0 Å². The van der Waals surface area contributed by atoms with E-state index in [0.717, 1.165) is 20.8 Å². The topological polar surface area (TPSA) is 115 Å². The Morgan fingerprint density at radius 1 is 0.923 bits per heavy atom. The zero-order chi connectivity index (χ0) is 10.7. The largest absolute Gasteiger partial charge is 0.550 e. The fourth-order valence-corrected chi connectivity index (χ4v) is 0. The van der Waals surface area contributed by atoms with Gasteiger partial charge < -0.3 is 20.1 Å². The number of hydrogen-bond acceptors (Lipinski definition) is 4. The summed E-state index contributed by atoms with van der Waals surface area (Å²) in [6, 6.07) is 0. The first-order valence-electron chi connectivity index (χ1n) is 2.76. The van der Waals surface area contributed by atoms with E-state index in [9.17, 15) is 0 Å². The Kier molecular flexibility index (Phi) is 30.8. The number of carboxylic acid groups (broad SMARTS) is 3. The number of carbonyl (C=O) groups is 3. The Bertz CT molecular complexity index is 115. The van der Waals surface area contributed by atoms with E-state index in [4.69, 9.17) is 29.7 Å². The smallest absolute Gasteiger partial charge is 0.300 e. The zero-order valence-corrected chi connectivity index (χ0v) is 11.7. The molecule has 7 heteroatoms. The Hall–Kier alpha value is -0.538. The molecule has 0 heterocycles. The molecule has 0 aliphatic rings. The number of carboxylic acids is 3. The summed E-state index contributed by atoms with van der Waals surface area (Å²) in [7, 11) is 0. The van der Waals surface area contributed by atoms with Crippen LogP contribution in [0, 0.1) is 31.1 Å². The van der Waals surface area contributed by atoms with Crippen molar-refractivity contribution in [3.05, 3.63) is 0 Å². The molecule has 2 N–H and O–H groups in total. The minimum Gasteiger partial charge on any atom is -0.550 e. The van der Waals surface area contributed by atoms with Crippen LogP contribution in [0.4, 0.5) is 0 Å². The van der Waals surface area contributed by atoms with Crippen molar-refractivity contribution in [2.75, 3.05) is 0 Å². The molecule has 0 aromatic carbocycles. The maximum atomic E-state index is 9.00. The Morgan fingerprint density at radius 2 is 0.923 bits per heavy atom. The molecule has 13 heavy (non-hydrogen) atoms. The van der Waals surface area contributed by atoms with Crippen LogP contribution in [0.1, 0.15) is 20.8 Å². The molecule has 0 aliphatic heterocycles. The predicted molar refractivity (Wildman–Crippen MR) is 37.3 cm³/mol. The average molecular weight is 417 g/mol. The van der Waals surface area contributed by atoms with Crippen LogP contribution in [-0.4, -0.2) is 28.1 Å². The molecule has 0 radical (unpaired) electrons. The van der Waals surface area contributed by atoms with Gasteiger partial charge in [0.05, 0.1) is 0 Å². The van der Waals surface area contributed by atoms with E-state index in [0.29, 0.717) is 0 Å². The van der Waals surface area contributed by atoms with Crippen LogP contribution in [0.15, 0.2) is 0 Å². The summed E-state index contributed by atoms with van der Waals surface area (Å²) < 4.78 is 0. The first kappa shape index (κ1) is 22.9. The normalized spacial score (nSPS) is 5.77. The maximum absolute atomic E-state index is 9.00. The number of carbonyl (C=O) groups excluding carboxylic acids is 1.